The summed E-state index contributed by atoms with van der Waals surface area (Å²) in [5, 5.41) is 3.82. The lowest BCUT2D eigenvalue weighted by Gasteiger charge is -2.37. The Hall–Kier alpha value is -0.0800. The minimum absolute atomic E-state index is 0.416. The highest BCUT2D eigenvalue weighted by molar-refractivity contribution is 5.02. The molecular formula is C14H26N2. The first-order valence-electron chi connectivity index (χ1n) is 7.18. The molecule has 92 valence electrons. The van der Waals surface area contributed by atoms with Gasteiger partial charge in [0.05, 0.1) is 0 Å². The van der Waals surface area contributed by atoms with E-state index in [-0.39, 0.29) is 0 Å². The Morgan fingerprint density at radius 2 is 2.00 bits per heavy atom. The SMILES string of the molecule is CC(C1CC1)N1CCCNC(C)(C2CC2)C1. The molecule has 0 aromatic carbocycles. The summed E-state index contributed by atoms with van der Waals surface area (Å²) in [5.74, 6) is 1.97. The fourth-order valence-electron chi connectivity index (χ4n) is 3.43. The molecule has 0 bridgehead atoms. The zero-order chi connectivity index (χ0) is 11.2. The van der Waals surface area contributed by atoms with E-state index < -0.39 is 0 Å². The molecule has 1 heterocycles. The van der Waals surface area contributed by atoms with Crippen molar-refractivity contribution >= 4 is 0 Å². The Bertz CT molecular complexity index is 257. The molecule has 3 rings (SSSR count). The van der Waals surface area contributed by atoms with Gasteiger partial charge < -0.3 is 5.32 Å². The van der Waals surface area contributed by atoms with E-state index in [0.29, 0.717) is 5.54 Å². The van der Waals surface area contributed by atoms with Gasteiger partial charge in [0.15, 0.2) is 0 Å². The third kappa shape index (κ3) is 2.14. The largest absolute Gasteiger partial charge is 0.310 e. The number of hydrogen-bond acceptors (Lipinski definition) is 2. The van der Waals surface area contributed by atoms with Crippen LogP contribution in [0.4, 0.5) is 0 Å². The average molecular weight is 222 g/mol. The summed E-state index contributed by atoms with van der Waals surface area (Å²) in [6.07, 6.45) is 7.19. The molecule has 3 fully saturated rings. The van der Waals surface area contributed by atoms with Crippen molar-refractivity contribution in [1.29, 1.82) is 0 Å². The van der Waals surface area contributed by atoms with Gasteiger partial charge in [-0.2, -0.15) is 0 Å². The van der Waals surface area contributed by atoms with E-state index in [0.717, 1.165) is 17.9 Å². The van der Waals surface area contributed by atoms with Crippen molar-refractivity contribution in [3.05, 3.63) is 0 Å². The van der Waals surface area contributed by atoms with Crippen molar-refractivity contribution in [2.75, 3.05) is 19.6 Å². The van der Waals surface area contributed by atoms with Crippen LogP contribution in [0, 0.1) is 11.8 Å². The van der Waals surface area contributed by atoms with Gasteiger partial charge >= 0.3 is 0 Å². The van der Waals surface area contributed by atoms with Crippen LogP contribution in [0.2, 0.25) is 0 Å². The van der Waals surface area contributed by atoms with Crippen LogP contribution >= 0.6 is 0 Å². The molecule has 2 saturated carbocycles. The van der Waals surface area contributed by atoms with E-state index in [1.54, 1.807) is 0 Å². The third-order valence-electron chi connectivity index (χ3n) is 5.04. The Morgan fingerprint density at radius 3 is 2.62 bits per heavy atom. The van der Waals surface area contributed by atoms with Crippen molar-refractivity contribution < 1.29 is 0 Å². The second-order valence-corrected chi connectivity index (χ2v) is 6.52. The van der Waals surface area contributed by atoms with Gasteiger partial charge in [-0.15, -0.1) is 0 Å². The molecule has 1 aliphatic heterocycles. The van der Waals surface area contributed by atoms with Crippen LogP contribution in [0.25, 0.3) is 0 Å². The maximum Gasteiger partial charge on any atom is 0.0308 e. The molecule has 0 amide bonds. The third-order valence-corrected chi connectivity index (χ3v) is 5.04. The van der Waals surface area contributed by atoms with Gasteiger partial charge in [-0.1, -0.05) is 0 Å². The molecule has 3 aliphatic rings. The number of nitrogens with zero attached hydrogens (tertiary/aromatic N) is 1. The highest BCUT2D eigenvalue weighted by Crippen LogP contribution is 2.42. The van der Waals surface area contributed by atoms with Crippen molar-refractivity contribution in [1.82, 2.24) is 10.2 Å². The smallest absolute Gasteiger partial charge is 0.0308 e. The van der Waals surface area contributed by atoms with Gasteiger partial charge in [0.1, 0.15) is 0 Å². The Balaban J connectivity index is 1.68. The molecule has 0 spiro atoms. The van der Waals surface area contributed by atoms with Gasteiger partial charge in [0.2, 0.25) is 0 Å². The van der Waals surface area contributed by atoms with Gasteiger partial charge in [-0.25, -0.2) is 0 Å². The van der Waals surface area contributed by atoms with E-state index in [9.17, 15) is 0 Å². The maximum absolute atomic E-state index is 3.82. The second kappa shape index (κ2) is 3.99. The first-order valence-corrected chi connectivity index (χ1v) is 7.18. The second-order valence-electron chi connectivity index (χ2n) is 6.52. The van der Waals surface area contributed by atoms with Crippen LogP contribution in [0.1, 0.15) is 46.0 Å². The first-order chi connectivity index (χ1) is 7.69. The standard InChI is InChI=1S/C14H26N2/c1-11(12-4-5-12)16-9-3-8-15-14(2,10-16)13-6-7-13/h11-13,15H,3-10H2,1-2H3. The molecule has 0 radical (unpaired) electrons. The van der Waals surface area contributed by atoms with E-state index >= 15 is 0 Å². The monoisotopic (exact) mass is 222 g/mol. The summed E-state index contributed by atoms with van der Waals surface area (Å²) >= 11 is 0. The van der Waals surface area contributed by atoms with Gasteiger partial charge in [-0.05, 0) is 70.9 Å². The molecular weight excluding hydrogens is 196 g/mol. The minimum Gasteiger partial charge on any atom is -0.310 e. The highest BCUT2D eigenvalue weighted by atomic mass is 15.2. The van der Waals surface area contributed by atoms with Crippen LogP contribution in [0.3, 0.4) is 0 Å². The lowest BCUT2D eigenvalue weighted by Crippen LogP contribution is -2.52. The molecule has 1 saturated heterocycles. The molecule has 2 nitrogen and oxygen atoms in total. The first kappa shape index (κ1) is 11.0. The molecule has 2 unspecified atom stereocenters. The number of hydrogen-bond donors (Lipinski definition) is 1. The van der Waals surface area contributed by atoms with Crippen LogP contribution in [-0.2, 0) is 0 Å². The lowest BCUT2D eigenvalue weighted by atomic mass is 9.94. The Labute approximate surface area is 99.8 Å². The minimum atomic E-state index is 0.416. The van der Waals surface area contributed by atoms with Crippen LogP contribution < -0.4 is 5.32 Å². The average Bonchev–Trinajstić information content (AvgIpc) is 3.09. The molecule has 2 aliphatic carbocycles. The van der Waals surface area contributed by atoms with Gasteiger partial charge in [0, 0.05) is 18.1 Å². The van der Waals surface area contributed by atoms with Crippen molar-refractivity contribution in [2.24, 2.45) is 11.8 Å². The normalized spacial score (nSPS) is 39.4. The molecule has 2 atom stereocenters. The van der Waals surface area contributed by atoms with Crippen LogP contribution in [0.15, 0.2) is 0 Å². The quantitative estimate of drug-likeness (QED) is 0.788. The summed E-state index contributed by atoms with van der Waals surface area (Å²) in [5.41, 5.74) is 0.416. The van der Waals surface area contributed by atoms with Crippen LogP contribution in [0.5, 0.6) is 0 Å². The molecule has 2 heteroatoms. The predicted molar refractivity (Wildman–Crippen MR) is 67.5 cm³/mol. The molecule has 16 heavy (non-hydrogen) atoms. The summed E-state index contributed by atoms with van der Waals surface area (Å²) in [6, 6.07) is 0.831. The predicted octanol–water partition coefficient (Wildman–Crippen LogP) is 2.25. The summed E-state index contributed by atoms with van der Waals surface area (Å²) in [4.78, 5) is 2.77. The number of nitrogens with one attached hydrogen (secondary N) is 1. The van der Waals surface area contributed by atoms with Gasteiger partial charge in [-0.3, -0.25) is 4.90 Å². The molecule has 0 aromatic heterocycles. The van der Waals surface area contributed by atoms with E-state index in [1.807, 2.05) is 0 Å². The fraction of sp³-hybridized carbons (Fsp3) is 1.00. The zero-order valence-electron chi connectivity index (χ0n) is 10.8. The zero-order valence-corrected chi connectivity index (χ0v) is 10.8. The van der Waals surface area contributed by atoms with E-state index in [2.05, 4.69) is 24.1 Å². The fourth-order valence-corrected chi connectivity index (χ4v) is 3.43. The summed E-state index contributed by atoms with van der Waals surface area (Å²) in [6.45, 7) is 8.74. The summed E-state index contributed by atoms with van der Waals surface area (Å²) < 4.78 is 0. The van der Waals surface area contributed by atoms with E-state index in [1.165, 1.54) is 51.7 Å². The number of rotatable bonds is 3. The van der Waals surface area contributed by atoms with Crippen LogP contribution in [-0.4, -0.2) is 36.1 Å². The topological polar surface area (TPSA) is 15.3 Å². The van der Waals surface area contributed by atoms with Crippen molar-refractivity contribution in [3.63, 3.8) is 0 Å². The Kier molecular flexibility index (Phi) is 2.75. The molecule has 1 N–H and O–H groups in total. The van der Waals surface area contributed by atoms with Crippen molar-refractivity contribution in [3.8, 4) is 0 Å². The van der Waals surface area contributed by atoms with E-state index in [4.69, 9.17) is 0 Å². The Morgan fingerprint density at radius 1 is 1.25 bits per heavy atom. The molecule has 0 aromatic rings. The van der Waals surface area contributed by atoms with Gasteiger partial charge in [0.25, 0.3) is 0 Å². The maximum atomic E-state index is 3.82. The lowest BCUT2D eigenvalue weighted by molar-refractivity contribution is 0.146. The highest BCUT2D eigenvalue weighted by Gasteiger charge is 2.44. The van der Waals surface area contributed by atoms with Crippen molar-refractivity contribution in [2.45, 2.75) is 57.5 Å². The summed E-state index contributed by atoms with van der Waals surface area (Å²) in [7, 11) is 0.